The summed E-state index contributed by atoms with van der Waals surface area (Å²) in [6.45, 7) is 3.26. The SMILES string of the molecule is N=NC(=O)c1cc(Cl)nc(Cl)c1CN1CCOCC1. The zero-order valence-electron chi connectivity index (χ0n) is 10.0. The molecular formula is C11H12Cl2N4O2. The minimum Gasteiger partial charge on any atom is -0.379 e. The first kappa shape index (κ1) is 14.3. The summed E-state index contributed by atoms with van der Waals surface area (Å²) in [7, 11) is 0. The number of aromatic nitrogens is 1. The van der Waals surface area contributed by atoms with E-state index in [9.17, 15) is 4.79 Å². The van der Waals surface area contributed by atoms with Crippen molar-refractivity contribution in [3.63, 3.8) is 0 Å². The lowest BCUT2D eigenvalue weighted by atomic mass is 10.1. The van der Waals surface area contributed by atoms with Crippen LogP contribution >= 0.6 is 23.2 Å². The van der Waals surface area contributed by atoms with E-state index in [-0.39, 0.29) is 15.9 Å². The van der Waals surface area contributed by atoms with Gasteiger partial charge in [0.15, 0.2) is 0 Å². The fraction of sp³-hybridized carbons (Fsp3) is 0.455. The van der Waals surface area contributed by atoms with Gasteiger partial charge in [0, 0.05) is 25.2 Å². The number of hydrogen-bond acceptors (Lipinski definition) is 5. The Morgan fingerprint density at radius 1 is 1.47 bits per heavy atom. The number of pyridine rings is 1. The van der Waals surface area contributed by atoms with Gasteiger partial charge in [-0.3, -0.25) is 9.69 Å². The second kappa shape index (κ2) is 6.38. The van der Waals surface area contributed by atoms with E-state index in [0.717, 1.165) is 13.1 Å². The molecule has 19 heavy (non-hydrogen) atoms. The van der Waals surface area contributed by atoms with Crippen LogP contribution in [0.2, 0.25) is 10.3 Å². The van der Waals surface area contributed by atoms with Crippen LogP contribution in [0.4, 0.5) is 0 Å². The van der Waals surface area contributed by atoms with Crippen LogP contribution in [0.5, 0.6) is 0 Å². The second-order valence-electron chi connectivity index (χ2n) is 4.07. The van der Waals surface area contributed by atoms with Crippen molar-refractivity contribution in [1.29, 1.82) is 5.53 Å². The molecule has 2 rings (SSSR count). The molecule has 1 saturated heterocycles. The number of nitrogens with zero attached hydrogens (tertiary/aromatic N) is 3. The van der Waals surface area contributed by atoms with Crippen LogP contribution in [0.1, 0.15) is 15.9 Å². The van der Waals surface area contributed by atoms with Gasteiger partial charge >= 0.3 is 0 Å². The lowest BCUT2D eigenvalue weighted by Crippen LogP contribution is -2.36. The summed E-state index contributed by atoms with van der Waals surface area (Å²) < 4.78 is 5.26. The Hall–Kier alpha value is -1.08. The molecule has 1 aromatic rings. The van der Waals surface area contributed by atoms with Crippen molar-refractivity contribution in [1.82, 2.24) is 9.88 Å². The Morgan fingerprint density at radius 3 is 2.79 bits per heavy atom. The van der Waals surface area contributed by atoms with Crippen molar-refractivity contribution in [3.05, 3.63) is 27.5 Å². The van der Waals surface area contributed by atoms with Crippen molar-refractivity contribution in [2.75, 3.05) is 26.3 Å². The van der Waals surface area contributed by atoms with Gasteiger partial charge in [0.2, 0.25) is 0 Å². The highest BCUT2D eigenvalue weighted by Crippen LogP contribution is 2.24. The molecule has 0 spiro atoms. The molecule has 1 N–H and O–H groups in total. The van der Waals surface area contributed by atoms with Gasteiger partial charge in [-0.2, -0.15) is 0 Å². The molecule has 1 fully saturated rings. The average Bonchev–Trinajstić information content (AvgIpc) is 2.42. The topological polar surface area (TPSA) is 78.6 Å². The minimum absolute atomic E-state index is 0.114. The Bertz CT molecular complexity index is 504. The number of amides is 1. The van der Waals surface area contributed by atoms with Crippen LogP contribution in [0.3, 0.4) is 0 Å². The molecular weight excluding hydrogens is 291 g/mol. The summed E-state index contributed by atoms with van der Waals surface area (Å²) in [6, 6.07) is 1.39. The van der Waals surface area contributed by atoms with Gasteiger partial charge in [0.1, 0.15) is 10.3 Å². The number of halogens is 2. The van der Waals surface area contributed by atoms with Crippen LogP contribution in [0, 0.1) is 5.53 Å². The summed E-state index contributed by atoms with van der Waals surface area (Å²) in [5.41, 5.74) is 7.62. The number of nitrogens with one attached hydrogen (secondary N) is 1. The average molecular weight is 303 g/mol. The second-order valence-corrected chi connectivity index (χ2v) is 4.81. The van der Waals surface area contributed by atoms with Crippen molar-refractivity contribution in [2.45, 2.75) is 6.54 Å². The van der Waals surface area contributed by atoms with Crippen LogP contribution in [-0.2, 0) is 11.3 Å². The Morgan fingerprint density at radius 2 is 2.16 bits per heavy atom. The third-order valence-electron chi connectivity index (χ3n) is 2.86. The first-order valence-corrected chi connectivity index (χ1v) is 6.44. The van der Waals surface area contributed by atoms with Crippen LogP contribution in [0.15, 0.2) is 11.2 Å². The molecule has 1 amide bonds. The Balaban J connectivity index is 2.31. The van der Waals surface area contributed by atoms with Crippen LogP contribution < -0.4 is 0 Å². The lowest BCUT2D eigenvalue weighted by molar-refractivity contribution is 0.0340. The summed E-state index contributed by atoms with van der Waals surface area (Å²) >= 11 is 11.8. The highest BCUT2D eigenvalue weighted by Gasteiger charge is 2.20. The van der Waals surface area contributed by atoms with Crippen molar-refractivity contribution in [3.8, 4) is 0 Å². The van der Waals surface area contributed by atoms with Gasteiger partial charge in [-0.05, 0) is 6.07 Å². The summed E-state index contributed by atoms with van der Waals surface area (Å²) in [5.74, 6) is -0.672. The Labute approximate surface area is 120 Å². The van der Waals surface area contributed by atoms with Gasteiger partial charge in [0.05, 0.1) is 18.8 Å². The molecule has 0 aliphatic carbocycles. The van der Waals surface area contributed by atoms with E-state index in [1.165, 1.54) is 6.07 Å². The smallest absolute Gasteiger partial charge is 0.295 e. The molecule has 0 aromatic carbocycles. The molecule has 1 aliphatic heterocycles. The van der Waals surface area contributed by atoms with E-state index in [4.69, 9.17) is 33.5 Å². The molecule has 102 valence electrons. The van der Waals surface area contributed by atoms with E-state index in [0.29, 0.717) is 25.3 Å². The maximum atomic E-state index is 11.6. The highest BCUT2D eigenvalue weighted by atomic mass is 35.5. The minimum atomic E-state index is -0.672. The zero-order valence-corrected chi connectivity index (χ0v) is 11.5. The normalized spacial score (nSPS) is 16.3. The van der Waals surface area contributed by atoms with E-state index in [1.54, 1.807) is 0 Å². The molecule has 2 heterocycles. The summed E-state index contributed by atoms with van der Waals surface area (Å²) in [5, 5.41) is 3.20. The molecule has 1 aliphatic rings. The molecule has 8 heteroatoms. The van der Waals surface area contributed by atoms with E-state index in [1.807, 2.05) is 0 Å². The fourth-order valence-corrected chi connectivity index (χ4v) is 2.38. The predicted octanol–water partition coefficient (Wildman–Crippen LogP) is 2.39. The van der Waals surface area contributed by atoms with Crippen LogP contribution in [-0.4, -0.2) is 42.1 Å². The maximum absolute atomic E-state index is 11.6. The van der Waals surface area contributed by atoms with E-state index < -0.39 is 5.91 Å². The monoisotopic (exact) mass is 302 g/mol. The first-order valence-electron chi connectivity index (χ1n) is 5.68. The molecule has 0 unspecified atom stereocenters. The molecule has 1 aromatic heterocycles. The molecule has 0 atom stereocenters. The first-order chi connectivity index (χ1) is 9.11. The van der Waals surface area contributed by atoms with Gasteiger partial charge < -0.3 is 4.74 Å². The molecule has 6 nitrogen and oxygen atoms in total. The van der Waals surface area contributed by atoms with Crippen molar-refractivity contribution >= 4 is 29.1 Å². The van der Waals surface area contributed by atoms with E-state index >= 15 is 0 Å². The standard InChI is InChI=1S/C11H12Cl2N4O2/c12-9-5-7(11(18)16-14)8(10(13)15-9)6-17-1-3-19-4-2-17/h5,14H,1-4,6H2. The van der Waals surface area contributed by atoms with Gasteiger partial charge in [-0.15, -0.1) is 5.11 Å². The fourth-order valence-electron chi connectivity index (χ4n) is 1.90. The summed E-state index contributed by atoms with van der Waals surface area (Å²) in [4.78, 5) is 17.7. The van der Waals surface area contributed by atoms with Gasteiger partial charge in [-0.25, -0.2) is 10.5 Å². The third kappa shape index (κ3) is 3.48. The molecule has 0 radical (unpaired) electrons. The number of carbonyl (C=O) groups excluding carboxylic acids is 1. The van der Waals surface area contributed by atoms with Crippen molar-refractivity contribution in [2.24, 2.45) is 5.11 Å². The number of morpholine rings is 1. The van der Waals surface area contributed by atoms with Gasteiger partial charge in [0.25, 0.3) is 5.91 Å². The van der Waals surface area contributed by atoms with Crippen molar-refractivity contribution < 1.29 is 9.53 Å². The predicted molar refractivity (Wildman–Crippen MR) is 69.8 cm³/mol. The Kier molecular flexibility index (Phi) is 4.81. The lowest BCUT2D eigenvalue weighted by Gasteiger charge is -2.27. The van der Waals surface area contributed by atoms with E-state index in [2.05, 4.69) is 15.0 Å². The highest BCUT2D eigenvalue weighted by molar-refractivity contribution is 6.33. The van der Waals surface area contributed by atoms with Gasteiger partial charge in [-0.1, -0.05) is 23.2 Å². The zero-order chi connectivity index (χ0) is 13.8. The summed E-state index contributed by atoms with van der Waals surface area (Å²) in [6.07, 6.45) is 0. The quantitative estimate of drug-likeness (QED) is 0.687. The number of hydrogen-bond donors (Lipinski definition) is 1. The third-order valence-corrected chi connectivity index (χ3v) is 3.37. The largest absolute Gasteiger partial charge is 0.379 e. The number of ether oxygens (including phenoxy) is 1. The molecule has 0 saturated carbocycles. The van der Waals surface area contributed by atoms with Crippen LogP contribution in [0.25, 0.3) is 0 Å². The number of carbonyl (C=O) groups is 1. The molecule has 0 bridgehead atoms. The number of rotatable bonds is 3. The maximum Gasteiger partial charge on any atom is 0.295 e.